The van der Waals surface area contributed by atoms with E-state index in [1.165, 1.54) is 35.7 Å². The summed E-state index contributed by atoms with van der Waals surface area (Å²) in [5.74, 6) is 0.854. The third kappa shape index (κ3) is 4.99. The van der Waals surface area contributed by atoms with Crippen LogP contribution in [0.5, 0.6) is 5.75 Å². The maximum Gasteiger partial charge on any atom is 0.137 e. The lowest BCUT2D eigenvalue weighted by molar-refractivity contribution is -1.01. The minimum absolute atomic E-state index is 0.384. The van der Waals surface area contributed by atoms with Crippen molar-refractivity contribution in [3.05, 3.63) is 29.3 Å². The lowest BCUT2D eigenvalue weighted by Gasteiger charge is -2.30. The molecular formula is C17H30N2O2+2. The Kier molecular flexibility index (Phi) is 6.03. The van der Waals surface area contributed by atoms with E-state index in [2.05, 4.69) is 26.8 Å². The summed E-state index contributed by atoms with van der Waals surface area (Å²) in [6, 6.07) is 6.08. The summed E-state index contributed by atoms with van der Waals surface area (Å²) in [5.41, 5.74) is 2.50. The monoisotopic (exact) mass is 294 g/mol. The molecule has 0 saturated carbocycles. The molecule has 1 saturated heterocycles. The summed E-state index contributed by atoms with van der Waals surface area (Å²) < 4.78 is 5.72. The molecule has 4 heteroatoms. The van der Waals surface area contributed by atoms with Crippen LogP contribution >= 0.6 is 0 Å². The number of aryl methyl sites for hydroxylation is 2. The fourth-order valence-corrected chi connectivity index (χ4v) is 2.90. The van der Waals surface area contributed by atoms with Crippen molar-refractivity contribution < 1.29 is 19.6 Å². The summed E-state index contributed by atoms with van der Waals surface area (Å²) in [6.45, 7) is 13.6. The molecule has 0 bridgehead atoms. The van der Waals surface area contributed by atoms with Gasteiger partial charge in [-0.3, -0.25) is 0 Å². The van der Waals surface area contributed by atoms with Crippen LogP contribution in [-0.4, -0.2) is 57.1 Å². The first kappa shape index (κ1) is 16.3. The normalized spacial score (nSPS) is 23.8. The number of hydrogen-bond donors (Lipinski definition) is 3. The van der Waals surface area contributed by atoms with Crippen molar-refractivity contribution in [2.45, 2.75) is 26.9 Å². The average molecular weight is 294 g/mol. The summed E-state index contributed by atoms with van der Waals surface area (Å²) >= 11 is 0. The fourth-order valence-electron chi connectivity index (χ4n) is 2.90. The lowest BCUT2D eigenvalue weighted by atomic mass is 10.1. The van der Waals surface area contributed by atoms with E-state index >= 15 is 0 Å². The molecule has 0 unspecified atom stereocenters. The van der Waals surface area contributed by atoms with Gasteiger partial charge in [0.2, 0.25) is 0 Å². The van der Waals surface area contributed by atoms with Gasteiger partial charge in [-0.25, -0.2) is 0 Å². The standard InChI is InChI=1S/C17H28N2O2/c1-4-18-7-9-19(10-8-18)12-16(20)13-21-17-6-5-14(2)15(3)11-17/h5-6,11,16,20H,4,7-10,12-13H2,1-3H3/p+2/t16-/m1/s1. The number of aliphatic hydroxyl groups is 1. The summed E-state index contributed by atoms with van der Waals surface area (Å²) in [6.07, 6.45) is -0.384. The van der Waals surface area contributed by atoms with Crippen LogP contribution in [0.3, 0.4) is 0 Å². The molecule has 0 aliphatic carbocycles. The highest BCUT2D eigenvalue weighted by atomic mass is 16.5. The quantitative estimate of drug-likeness (QED) is 0.620. The highest BCUT2D eigenvalue weighted by Crippen LogP contribution is 2.16. The van der Waals surface area contributed by atoms with Crippen molar-refractivity contribution in [2.24, 2.45) is 0 Å². The van der Waals surface area contributed by atoms with Gasteiger partial charge in [0.05, 0.1) is 6.54 Å². The maximum absolute atomic E-state index is 10.2. The molecule has 0 radical (unpaired) electrons. The molecule has 2 rings (SSSR count). The van der Waals surface area contributed by atoms with Gasteiger partial charge in [0, 0.05) is 0 Å². The van der Waals surface area contributed by atoms with Gasteiger partial charge in [0.25, 0.3) is 0 Å². The van der Waals surface area contributed by atoms with Crippen LogP contribution in [0.4, 0.5) is 0 Å². The maximum atomic E-state index is 10.2. The van der Waals surface area contributed by atoms with E-state index in [-0.39, 0.29) is 6.10 Å². The molecular weight excluding hydrogens is 264 g/mol. The number of ether oxygens (including phenoxy) is 1. The minimum atomic E-state index is -0.384. The Morgan fingerprint density at radius 1 is 1.10 bits per heavy atom. The van der Waals surface area contributed by atoms with Gasteiger partial charge in [-0.05, 0) is 44.0 Å². The summed E-state index contributed by atoms with van der Waals surface area (Å²) in [7, 11) is 0. The molecule has 0 aromatic heterocycles. The Morgan fingerprint density at radius 2 is 1.76 bits per heavy atom. The summed E-state index contributed by atoms with van der Waals surface area (Å²) in [4.78, 5) is 3.18. The average Bonchev–Trinajstić information content (AvgIpc) is 2.49. The second-order valence-electron chi connectivity index (χ2n) is 6.27. The van der Waals surface area contributed by atoms with Crippen LogP contribution in [0.2, 0.25) is 0 Å². The zero-order chi connectivity index (χ0) is 15.2. The number of hydrogen-bond acceptors (Lipinski definition) is 2. The Labute approximate surface area is 128 Å². The fraction of sp³-hybridized carbons (Fsp3) is 0.647. The van der Waals surface area contributed by atoms with Crippen molar-refractivity contribution in [3.63, 3.8) is 0 Å². The van der Waals surface area contributed by atoms with E-state index in [0.717, 1.165) is 25.4 Å². The van der Waals surface area contributed by atoms with Crippen LogP contribution in [-0.2, 0) is 0 Å². The molecule has 1 heterocycles. The lowest BCUT2D eigenvalue weighted by Crippen LogP contribution is -3.28. The van der Waals surface area contributed by atoms with Crippen LogP contribution < -0.4 is 14.5 Å². The molecule has 4 nitrogen and oxygen atoms in total. The van der Waals surface area contributed by atoms with Crippen LogP contribution in [0.25, 0.3) is 0 Å². The second-order valence-corrected chi connectivity index (χ2v) is 6.27. The molecule has 3 N–H and O–H groups in total. The van der Waals surface area contributed by atoms with Crippen molar-refractivity contribution in [1.29, 1.82) is 0 Å². The second kappa shape index (κ2) is 7.78. The Balaban J connectivity index is 1.72. The van der Waals surface area contributed by atoms with Gasteiger partial charge in [-0.1, -0.05) is 6.07 Å². The van der Waals surface area contributed by atoms with E-state index in [9.17, 15) is 5.11 Å². The zero-order valence-corrected chi connectivity index (χ0v) is 13.6. The van der Waals surface area contributed by atoms with E-state index < -0.39 is 0 Å². The van der Waals surface area contributed by atoms with Crippen molar-refractivity contribution in [1.82, 2.24) is 0 Å². The number of rotatable bonds is 6. The van der Waals surface area contributed by atoms with Gasteiger partial charge in [-0.15, -0.1) is 0 Å². The molecule has 1 aliphatic rings. The highest BCUT2D eigenvalue weighted by molar-refractivity contribution is 5.33. The van der Waals surface area contributed by atoms with Crippen molar-refractivity contribution >= 4 is 0 Å². The Morgan fingerprint density at radius 3 is 2.38 bits per heavy atom. The van der Waals surface area contributed by atoms with Gasteiger partial charge in [-0.2, -0.15) is 0 Å². The van der Waals surface area contributed by atoms with E-state index in [1.807, 2.05) is 12.1 Å². The molecule has 1 fully saturated rings. The topological polar surface area (TPSA) is 38.3 Å². The third-order valence-corrected chi connectivity index (χ3v) is 4.61. The summed E-state index contributed by atoms with van der Waals surface area (Å²) in [5, 5.41) is 10.2. The Hall–Kier alpha value is -1.10. The number of nitrogens with one attached hydrogen (secondary N) is 2. The SMILES string of the molecule is CC[NH+]1CC[NH+](C[C@@H](O)COc2ccc(C)c(C)c2)CC1. The van der Waals surface area contributed by atoms with Gasteiger partial charge in [0.1, 0.15) is 51.2 Å². The van der Waals surface area contributed by atoms with Crippen molar-refractivity contribution in [3.8, 4) is 5.75 Å². The molecule has 0 spiro atoms. The van der Waals surface area contributed by atoms with Crippen molar-refractivity contribution in [2.75, 3.05) is 45.9 Å². The van der Waals surface area contributed by atoms with Gasteiger partial charge < -0.3 is 19.6 Å². The molecule has 1 atom stereocenters. The molecule has 1 aromatic carbocycles. The first-order valence-corrected chi connectivity index (χ1v) is 8.13. The number of likely N-dealkylation sites (N-methyl/N-ethyl adjacent to an activating group) is 1. The molecule has 0 amide bonds. The van der Waals surface area contributed by atoms with E-state index in [4.69, 9.17) is 4.74 Å². The van der Waals surface area contributed by atoms with Crippen LogP contribution in [0.1, 0.15) is 18.1 Å². The predicted molar refractivity (Wildman–Crippen MR) is 84.2 cm³/mol. The van der Waals surface area contributed by atoms with Gasteiger partial charge >= 0.3 is 0 Å². The number of quaternary nitrogens is 2. The molecule has 21 heavy (non-hydrogen) atoms. The Bertz CT molecular complexity index is 442. The van der Waals surface area contributed by atoms with E-state index in [1.54, 1.807) is 4.90 Å². The van der Waals surface area contributed by atoms with E-state index in [0.29, 0.717) is 6.61 Å². The van der Waals surface area contributed by atoms with Crippen LogP contribution in [0.15, 0.2) is 18.2 Å². The molecule has 1 aliphatic heterocycles. The number of aliphatic hydroxyl groups excluding tert-OH is 1. The largest absolute Gasteiger partial charge is 0.491 e. The minimum Gasteiger partial charge on any atom is -0.491 e. The first-order valence-electron chi connectivity index (χ1n) is 8.13. The molecule has 118 valence electrons. The first-order chi connectivity index (χ1) is 10.1. The number of piperazine rings is 1. The highest BCUT2D eigenvalue weighted by Gasteiger charge is 2.23. The predicted octanol–water partition coefficient (Wildman–Crippen LogP) is -1.15. The third-order valence-electron chi connectivity index (χ3n) is 4.61. The smallest absolute Gasteiger partial charge is 0.137 e. The molecule has 1 aromatic rings. The van der Waals surface area contributed by atoms with Gasteiger partial charge in [0.15, 0.2) is 0 Å². The zero-order valence-electron chi connectivity index (χ0n) is 13.6. The van der Waals surface area contributed by atoms with Crippen LogP contribution in [0, 0.1) is 13.8 Å². The number of benzene rings is 1.